The summed E-state index contributed by atoms with van der Waals surface area (Å²) in [6, 6.07) is 14.3. The summed E-state index contributed by atoms with van der Waals surface area (Å²) in [4.78, 5) is 3.88. The zero-order chi connectivity index (χ0) is 20.8. The summed E-state index contributed by atoms with van der Waals surface area (Å²) in [5, 5.41) is 13.8. The quantitative estimate of drug-likeness (QED) is 0.297. The van der Waals surface area contributed by atoms with E-state index in [-0.39, 0.29) is 5.75 Å². The van der Waals surface area contributed by atoms with Gasteiger partial charge in [0.15, 0.2) is 0 Å². The van der Waals surface area contributed by atoms with Gasteiger partial charge in [0, 0.05) is 34.4 Å². The molecule has 0 atom stereocenters. The van der Waals surface area contributed by atoms with Crippen LogP contribution in [0.3, 0.4) is 0 Å². The molecular formula is C24H21Br2NO2S. The van der Waals surface area contributed by atoms with Crippen molar-refractivity contribution in [2.75, 3.05) is 26.3 Å². The Hall–Kier alpha value is -1.44. The predicted molar refractivity (Wildman–Crippen MR) is 133 cm³/mol. The SMILES string of the molecule is Cc1c(CN2CCOCC2)sc2c(Br)c3ccccc3c(-c3ccc(O)c(Br)c3)c12. The normalized spacial score (nSPS) is 15.3. The van der Waals surface area contributed by atoms with Crippen LogP contribution in [0.1, 0.15) is 10.4 Å². The molecular weight excluding hydrogens is 526 g/mol. The molecule has 154 valence electrons. The highest BCUT2D eigenvalue weighted by atomic mass is 79.9. The number of aromatic hydroxyl groups is 1. The number of hydrogen-bond acceptors (Lipinski definition) is 4. The van der Waals surface area contributed by atoms with E-state index in [2.05, 4.69) is 67.9 Å². The van der Waals surface area contributed by atoms with Gasteiger partial charge in [0.2, 0.25) is 0 Å². The lowest BCUT2D eigenvalue weighted by Crippen LogP contribution is -2.35. The summed E-state index contributed by atoms with van der Waals surface area (Å²) < 4.78 is 8.68. The van der Waals surface area contributed by atoms with Gasteiger partial charge in [0.05, 0.1) is 22.4 Å². The van der Waals surface area contributed by atoms with Crippen LogP contribution in [-0.2, 0) is 11.3 Å². The summed E-state index contributed by atoms with van der Waals surface area (Å²) in [5.41, 5.74) is 3.67. The third-order valence-corrected chi connectivity index (χ3v) is 8.85. The second-order valence-corrected chi connectivity index (χ2v) is 10.4. The van der Waals surface area contributed by atoms with E-state index in [1.54, 1.807) is 6.07 Å². The molecule has 1 N–H and O–H groups in total. The molecule has 1 aliphatic heterocycles. The van der Waals surface area contributed by atoms with E-state index in [4.69, 9.17) is 4.74 Å². The zero-order valence-electron chi connectivity index (χ0n) is 16.5. The molecule has 0 saturated carbocycles. The number of morpholine rings is 1. The number of hydrogen-bond donors (Lipinski definition) is 1. The number of thiophene rings is 1. The molecule has 0 bridgehead atoms. The Labute approximate surface area is 196 Å². The third kappa shape index (κ3) is 3.49. The monoisotopic (exact) mass is 545 g/mol. The van der Waals surface area contributed by atoms with Gasteiger partial charge in [-0.15, -0.1) is 11.3 Å². The van der Waals surface area contributed by atoms with E-state index in [9.17, 15) is 5.11 Å². The second kappa shape index (κ2) is 8.24. The number of halogens is 2. The molecule has 0 radical (unpaired) electrons. The van der Waals surface area contributed by atoms with Crippen molar-refractivity contribution in [3.05, 3.63) is 61.9 Å². The van der Waals surface area contributed by atoms with Gasteiger partial charge in [0.1, 0.15) is 5.75 Å². The minimum Gasteiger partial charge on any atom is -0.507 e. The average Bonchev–Trinajstić information content (AvgIpc) is 3.08. The standard InChI is InChI=1S/C24H21Br2NO2S/c1-14-20(13-27-8-10-29-11-9-27)30-24-21(14)22(15-6-7-19(28)18(25)12-15)16-4-2-3-5-17(16)23(24)26/h2-7,12,28H,8-11,13H2,1H3. The third-order valence-electron chi connectivity index (χ3n) is 5.84. The summed E-state index contributed by atoms with van der Waals surface area (Å²) >= 11 is 9.30. The van der Waals surface area contributed by atoms with Gasteiger partial charge in [-0.25, -0.2) is 0 Å². The number of ether oxygens (including phenoxy) is 1. The fraction of sp³-hybridized carbons (Fsp3) is 0.250. The van der Waals surface area contributed by atoms with Crippen LogP contribution in [0.2, 0.25) is 0 Å². The fourth-order valence-corrected chi connectivity index (χ4v) is 6.71. The van der Waals surface area contributed by atoms with E-state index in [1.165, 1.54) is 36.9 Å². The van der Waals surface area contributed by atoms with Crippen molar-refractivity contribution in [1.29, 1.82) is 0 Å². The number of aryl methyl sites for hydroxylation is 1. The van der Waals surface area contributed by atoms with Crippen molar-refractivity contribution in [2.24, 2.45) is 0 Å². The highest BCUT2D eigenvalue weighted by molar-refractivity contribution is 9.11. The van der Waals surface area contributed by atoms with Crippen LogP contribution in [0.5, 0.6) is 5.75 Å². The van der Waals surface area contributed by atoms with Gasteiger partial charge in [-0.1, -0.05) is 30.3 Å². The van der Waals surface area contributed by atoms with E-state index in [0.29, 0.717) is 4.47 Å². The van der Waals surface area contributed by atoms with E-state index in [1.807, 2.05) is 23.5 Å². The molecule has 0 spiro atoms. The summed E-state index contributed by atoms with van der Waals surface area (Å²) in [6.45, 7) is 6.78. The smallest absolute Gasteiger partial charge is 0.129 e. The van der Waals surface area contributed by atoms with Crippen molar-refractivity contribution >= 4 is 64.1 Å². The lowest BCUT2D eigenvalue weighted by molar-refractivity contribution is 0.0346. The molecule has 4 aromatic rings. The van der Waals surface area contributed by atoms with Crippen molar-refractivity contribution in [3.63, 3.8) is 0 Å². The first-order chi connectivity index (χ1) is 14.5. The zero-order valence-corrected chi connectivity index (χ0v) is 20.5. The molecule has 3 nitrogen and oxygen atoms in total. The Morgan fingerprint density at radius 1 is 1.07 bits per heavy atom. The second-order valence-electron chi connectivity index (χ2n) is 7.64. The molecule has 3 aromatic carbocycles. The molecule has 5 rings (SSSR count). The number of nitrogens with zero attached hydrogens (tertiary/aromatic N) is 1. The van der Waals surface area contributed by atoms with Crippen molar-refractivity contribution in [1.82, 2.24) is 4.90 Å². The van der Waals surface area contributed by atoms with Crippen molar-refractivity contribution < 1.29 is 9.84 Å². The molecule has 6 heteroatoms. The maximum Gasteiger partial charge on any atom is 0.129 e. The van der Waals surface area contributed by atoms with Crippen molar-refractivity contribution in [2.45, 2.75) is 13.5 Å². The lowest BCUT2D eigenvalue weighted by Gasteiger charge is -2.26. The summed E-state index contributed by atoms with van der Waals surface area (Å²) in [6.07, 6.45) is 0. The molecule has 0 unspecified atom stereocenters. The molecule has 2 heterocycles. The van der Waals surface area contributed by atoms with Crippen molar-refractivity contribution in [3.8, 4) is 16.9 Å². The Kier molecular flexibility index (Phi) is 5.62. The highest BCUT2D eigenvalue weighted by Crippen LogP contribution is 2.48. The van der Waals surface area contributed by atoms with E-state index in [0.717, 1.165) is 42.9 Å². The summed E-state index contributed by atoms with van der Waals surface area (Å²) in [5.74, 6) is 0.256. The van der Waals surface area contributed by atoms with Gasteiger partial charge in [-0.05, 0) is 78.4 Å². The highest BCUT2D eigenvalue weighted by Gasteiger charge is 2.22. The van der Waals surface area contributed by atoms with E-state index < -0.39 is 0 Å². The van der Waals surface area contributed by atoms with Crippen LogP contribution >= 0.6 is 43.2 Å². The number of fused-ring (bicyclic) bond motifs is 2. The Balaban J connectivity index is 1.79. The molecule has 1 aromatic heterocycles. The predicted octanol–water partition coefficient (Wildman–Crippen LogP) is 7.09. The first kappa shape index (κ1) is 20.5. The summed E-state index contributed by atoms with van der Waals surface area (Å²) in [7, 11) is 0. The molecule has 30 heavy (non-hydrogen) atoms. The van der Waals surface area contributed by atoms with Crippen LogP contribution in [0.15, 0.2) is 51.4 Å². The van der Waals surface area contributed by atoms with Gasteiger partial charge in [-0.2, -0.15) is 0 Å². The number of phenolic OH excluding ortho intramolecular Hbond substituents is 1. The maximum absolute atomic E-state index is 10.0. The Morgan fingerprint density at radius 3 is 2.53 bits per heavy atom. The average molecular weight is 547 g/mol. The first-order valence-electron chi connectivity index (χ1n) is 9.95. The molecule has 0 aliphatic carbocycles. The Bertz CT molecular complexity index is 1260. The van der Waals surface area contributed by atoms with E-state index >= 15 is 0 Å². The van der Waals surface area contributed by atoms with Gasteiger partial charge >= 0.3 is 0 Å². The molecule has 1 fully saturated rings. The molecule has 1 saturated heterocycles. The Morgan fingerprint density at radius 2 is 1.80 bits per heavy atom. The van der Waals surface area contributed by atoms with Gasteiger partial charge in [0.25, 0.3) is 0 Å². The van der Waals surface area contributed by atoms with Crippen LogP contribution in [0, 0.1) is 6.92 Å². The largest absolute Gasteiger partial charge is 0.507 e. The topological polar surface area (TPSA) is 32.7 Å². The minimum absolute atomic E-state index is 0.256. The van der Waals surface area contributed by atoms with Crippen LogP contribution in [0.25, 0.3) is 32.0 Å². The fourth-order valence-electron chi connectivity index (χ4n) is 4.24. The number of rotatable bonds is 3. The first-order valence-corrected chi connectivity index (χ1v) is 12.4. The van der Waals surface area contributed by atoms with Crippen LogP contribution in [0.4, 0.5) is 0 Å². The van der Waals surface area contributed by atoms with Gasteiger partial charge < -0.3 is 9.84 Å². The molecule has 1 aliphatic rings. The van der Waals surface area contributed by atoms with Crippen LogP contribution in [-0.4, -0.2) is 36.3 Å². The van der Waals surface area contributed by atoms with Crippen LogP contribution < -0.4 is 0 Å². The molecule has 0 amide bonds. The minimum atomic E-state index is 0.256. The maximum atomic E-state index is 10.0. The number of phenols is 1. The number of benzene rings is 3. The van der Waals surface area contributed by atoms with Gasteiger partial charge in [-0.3, -0.25) is 4.90 Å². The lowest BCUT2D eigenvalue weighted by atomic mass is 9.93.